The van der Waals surface area contributed by atoms with E-state index in [0.717, 1.165) is 0 Å². The minimum Gasteiger partial charge on any atom is -0.395 e. The van der Waals surface area contributed by atoms with E-state index in [4.69, 9.17) is 17.3 Å². The second kappa shape index (κ2) is 4.37. The van der Waals surface area contributed by atoms with Crippen LogP contribution in [0.5, 0.6) is 0 Å². The Morgan fingerprint density at radius 2 is 2.12 bits per heavy atom. The van der Waals surface area contributed by atoms with Crippen LogP contribution in [0.25, 0.3) is 0 Å². The zero-order valence-corrected chi connectivity index (χ0v) is 9.00. The van der Waals surface area contributed by atoms with Gasteiger partial charge in [-0.2, -0.15) is 0 Å². The number of benzene rings is 1. The summed E-state index contributed by atoms with van der Waals surface area (Å²) in [6.07, 6.45) is 1.53. The van der Waals surface area contributed by atoms with Crippen molar-refractivity contribution in [2.24, 2.45) is 0 Å². The lowest BCUT2D eigenvalue weighted by Gasteiger charge is -2.09. The fraction of sp³-hybridized carbons (Fsp3) is 0. The molecule has 0 amide bonds. The van der Waals surface area contributed by atoms with Crippen LogP contribution in [0.4, 0.5) is 21.5 Å². The van der Waals surface area contributed by atoms with E-state index < -0.39 is 0 Å². The van der Waals surface area contributed by atoms with Crippen LogP contribution in [0.15, 0.2) is 36.5 Å². The van der Waals surface area contributed by atoms with Gasteiger partial charge in [0.15, 0.2) is 5.15 Å². The van der Waals surface area contributed by atoms with Gasteiger partial charge in [-0.25, -0.2) is 9.37 Å². The first-order valence-electron chi connectivity index (χ1n) is 4.59. The van der Waals surface area contributed by atoms with Crippen LogP contribution in [0, 0.1) is 5.82 Å². The van der Waals surface area contributed by atoms with E-state index >= 15 is 0 Å². The highest BCUT2D eigenvalue weighted by Crippen LogP contribution is 2.27. The largest absolute Gasteiger partial charge is 0.395 e. The molecule has 2 rings (SSSR count). The number of nitrogens with zero attached hydrogens (tertiary/aromatic N) is 1. The second-order valence-corrected chi connectivity index (χ2v) is 3.56. The molecule has 0 aliphatic rings. The van der Waals surface area contributed by atoms with E-state index in [1.165, 1.54) is 18.3 Å². The van der Waals surface area contributed by atoms with Crippen molar-refractivity contribution in [3.05, 3.63) is 47.5 Å². The molecule has 0 fully saturated rings. The first kappa shape index (κ1) is 10.7. The van der Waals surface area contributed by atoms with Gasteiger partial charge in [-0.1, -0.05) is 17.7 Å². The monoisotopic (exact) mass is 237 g/mol. The number of nitrogen functional groups attached to an aromatic ring is 1. The maximum Gasteiger partial charge on any atom is 0.154 e. The van der Waals surface area contributed by atoms with Crippen LogP contribution in [0.2, 0.25) is 5.15 Å². The highest BCUT2D eigenvalue weighted by molar-refractivity contribution is 6.32. The summed E-state index contributed by atoms with van der Waals surface area (Å²) in [5, 5.41) is 3.19. The molecule has 2 aromatic rings. The Kier molecular flexibility index (Phi) is 2.92. The first-order valence-corrected chi connectivity index (χ1v) is 4.97. The molecule has 16 heavy (non-hydrogen) atoms. The van der Waals surface area contributed by atoms with Gasteiger partial charge in [0.2, 0.25) is 0 Å². The first-order chi connectivity index (χ1) is 7.66. The highest BCUT2D eigenvalue weighted by atomic mass is 35.5. The van der Waals surface area contributed by atoms with Crippen molar-refractivity contribution in [3.8, 4) is 0 Å². The van der Waals surface area contributed by atoms with Crippen LogP contribution in [0.3, 0.4) is 0 Å². The summed E-state index contributed by atoms with van der Waals surface area (Å²) in [6.45, 7) is 0. The molecule has 0 radical (unpaired) electrons. The number of pyridine rings is 1. The number of rotatable bonds is 2. The van der Waals surface area contributed by atoms with Gasteiger partial charge in [0, 0.05) is 11.9 Å². The third-order valence-electron chi connectivity index (χ3n) is 2.05. The van der Waals surface area contributed by atoms with Crippen LogP contribution in [-0.2, 0) is 0 Å². The number of nitrogens with one attached hydrogen (secondary N) is 1. The zero-order chi connectivity index (χ0) is 11.5. The lowest BCUT2D eigenvalue weighted by molar-refractivity contribution is 0.628. The van der Waals surface area contributed by atoms with E-state index in [1.54, 1.807) is 18.2 Å². The maximum absolute atomic E-state index is 12.9. The van der Waals surface area contributed by atoms with Crippen LogP contribution in [-0.4, -0.2) is 4.98 Å². The molecule has 0 atom stereocenters. The molecule has 0 bridgehead atoms. The smallest absolute Gasteiger partial charge is 0.154 e. The van der Waals surface area contributed by atoms with Crippen molar-refractivity contribution < 1.29 is 4.39 Å². The van der Waals surface area contributed by atoms with Gasteiger partial charge in [0.25, 0.3) is 0 Å². The van der Waals surface area contributed by atoms with Gasteiger partial charge in [0.05, 0.1) is 11.4 Å². The van der Waals surface area contributed by atoms with Crippen molar-refractivity contribution in [2.75, 3.05) is 11.1 Å². The lowest BCUT2D eigenvalue weighted by atomic mass is 10.3. The van der Waals surface area contributed by atoms with Crippen LogP contribution in [0.1, 0.15) is 0 Å². The zero-order valence-electron chi connectivity index (χ0n) is 8.24. The molecule has 0 aliphatic carbocycles. The predicted molar refractivity (Wildman–Crippen MR) is 63.3 cm³/mol. The normalized spacial score (nSPS) is 10.1. The lowest BCUT2D eigenvalue weighted by Crippen LogP contribution is -1.98. The fourth-order valence-corrected chi connectivity index (χ4v) is 1.44. The van der Waals surface area contributed by atoms with Gasteiger partial charge >= 0.3 is 0 Å². The Balaban J connectivity index is 2.31. The molecule has 0 saturated carbocycles. The number of halogens is 2. The molecule has 0 aliphatic heterocycles. The average Bonchev–Trinajstić information content (AvgIpc) is 2.25. The minimum atomic E-state index is -0.316. The molecule has 0 saturated heterocycles. The summed E-state index contributed by atoms with van der Waals surface area (Å²) in [5.74, 6) is -0.316. The molecule has 82 valence electrons. The number of hydrogen-bond donors (Lipinski definition) is 2. The Hall–Kier alpha value is -1.81. The fourth-order valence-electron chi connectivity index (χ4n) is 1.28. The standard InChI is InChI=1S/C11H9ClFN3/c12-11-10(14)9(4-5-15-11)16-8-3-1-2-7(13)6-8/h1-6H,14H2,(H,15,16). The summed E-state index contributed by atoms with van der Waals surface area (Å²) in [5.41, 5.74) is 7.27. The van der Waals surface area contributed by atoms with E-state index in [2.05, 4.69) is 10.3 Å². The molecule has 0 unspecified atom stereocenters. The molecular formula is C11H9ClFN3. The predicted octanol–water partition coefficient (Wildman–Crippen LogP) is 3.20. The third kappa shape index (κ3) is 2.23. The van der Waals surface area contributed by atoms with E-state index in [0.29, 0.717) is 17.1 Å². The third-order valence-corrected chi connectivity index (χ3v) is 2.35. The maximum atomic E-state index is 12.9. The van der Waals surface area contributed by atoms with Gasteiger partial charge in [0.1, 0.15) is 5.82 Å². The minimum absolute atomic E-state index is 0.224. The van der Waals surface area contributed by atoms with Crippen molar-refractivity contribution in [1.82, 2.24) is 4.98 Å². The summed E-state index contributed by atoms with van der Waals surface area (Å²) >= 11 is 5.76. The SMILES string of the molecule is Nc1c(Nc2cccc(F)c2)ccnc1Cl. The highest BCUT2D eigenvalue weighted by Gasteiger charge is 2.04. The van der Waals surface area contributed by atoms with Gasteiger partial charge in [-0.05, 0) is 24.3 Å². The number of nitrogens with two attached hydrogens (primary N) is 1. The Morgan fingerprint density at radius 3 is 2.88 bits per heavy atom. The summed E-state index contributed by atoms with van der Waals surface area (Å²) in [7, 11) is 0. The van der Waals surface area contributed by atoms with Crippen molar-refractivity contribution >= 4 is 28.7 Å². The van der Waals surface area contributed by atoms with E-state index in [1.807, 2.05) is 0 Å². The molecular weight excluding hydrogens is 229 g/mol. The molecule has 5 heteroatoms. The molecule has 1 aromatic heterocycles. The summed E-state index contributed by atoms with van der Waals surface area (Å²) < 4.78 is 12.9. The van der Waals surface area contributed by atoms with Gasteiger partial charge in [-0.3, -0.25) is 0 Å². The van der Waals surface area contributed by atoms with Crippen molar-refractivity contribution in [2.45, 2.75) is 0 Å². The number of anilines is 3. The Bertz CT molecular complexity index is 516. The topological polar surface area (TPSA) is 50.9 Å². The second-order valence-electron chi connectivity index (χ2n) is 3.20. The van der Waals surface area contributed by atoms with Gasteiger partial charge in [-0.15, -0.1) is 0 Å². The number of aromatic nitrogens is 1. The molecule has 1 aromatic carbocycles. The van der Waals surface area contributed by atoms with E-state index in [9.17, 15) is 4.39 Å². The Labute approximate surface area is 97.1 Å². The van der Waals surface area contributed by atoms with E-state index in [-0.39, 0.29) is 11.0 Å². The molecule has 0 spiro atoms. The molecule has 1 heterocycles. The summed E-state index contributed by atoms with van der Waals surface area (Å²) in [4.78, 5) is 3.82. The van der Waals surface area contributed by atoms with Crippen LogP contribution >= 0.6 is 11.6 Å². The van der Waals surface area contributed by atoms with Gasteiger partial charge < -0.3 is 11.1 Å². The quantitative estimate of drug-likeness (QED) is 0.789. The Morgan fingerprint density at radius 1 is 1.31 bits per heavy atom. The van der Waals surface area contributed by atoms with Crippen molar-refractivity contribution in [3.63, 3.8) is 0 Å². The molecule has 3 nitrogen and oxygen atoms in total. The summed E-state index contributed by atoms with van der Waals surface area (Å²) in [6, 6.07) is 7.75. The molecule has 3 N–H and O–H groups in total. The van der Waals surface area contributed by atoms with Crippen LogP contribution < -0.4 is 11.1 Å². The average molecular weight is 238 g/mol. The van der Waals surface area contributed by atoms with Crippen molar-refractivity contribution in [1.29, 1.82) is 0 Å². The number of hydrogen-bond acceptors (Lipinski definition) is 3.